The highest BCUT2D eigenvalue weighted by atomic mass is 32.2. The first-order chi connectivity index (χ1) is 10.6. The number of hydrogen-bond donors (Lipinski definition) is 0. The van der Waals surface area contributed by atoms with Crippen molar-refractivity contribution in [3.05, 3.63) is 27.7 Å². The van der Waals surface area contributed by atoms with Crippen molar-refractivity contribution in [1.82, 2.24) is 19.7 Å². The number of nitrogens with zero attached hydrogens (tertiary/aromatic N) is 4. The molecule has 2 aromatic rings. The van der Waals surface area contributed by atoms with Gasteiger partial charge in [-0.15, -0.1) is 21.5 Å². The lowest BCUT2D eigenvalue weighted by atomic mass is 10.3. The molecule has 0 unspecified atom stereocenters. The van der Waals surface area contributed by atoms with Crippen LogP contribution in [-0.4, -0.2) is 38.4 Å². The molecule has 2 heterocycles. The van der Waals surface area contributed by atoms with Crippen molar-refractivity contribution in [2.75, 3.05) is 12.8 Å². The van der Waals surface area contributed by atoms with Gasteiger partial charge in [0.2, 0.25) is 5.91 Å². The van der Waals surface area contributed by atoms with Crippen LogP contribution in [0, 0.1) is 13.8 Å². The van der Waals surface area contributed by atoms with Gasteiger partial charge < -0.3 is 9.47 Å². The van der Waals surface area contributed by atoms with E-state index in [1.165, 1.54) is 35.0 Å². The minimum Gasteiger partial charge on any atom is -0.340 e. The molecule has 0 aliphatic heterocycles. The minimum atomic E-state index is 0.126. The van der Waals surface area contributed by atoms with Crippen molar-refractivity contribution in [3.63, 3.8) is 0 Å². The molecule has 0 radical (unpaired) electrons. The van der Waals surface area contributed by atoms with Crippen molar-refractivity contribution in [3.8, 4) is 0 Å². The fourth-order valence-corrected chi connectivity index (χ4v) is 4.26. The smallest absolute Gasteiger partial charge is 0.233 e. The number of hydrogen-bond acceptors (Lipinski definition) is 5. The van der Waals surface area contributed by atoms with Gasteiger partial charge in [-0.3, -0.25) is 4.79 Å². The maximum atomic E-state index is 12.3. The number of aryl methyl sites for hydroxylation is 2. The zero-order chi connectivity index (χ0) is 15.7. The molecule has 1 amide bonds. The van der Waals surface area contributed by atoms with Crippen LogP contribution in [0.15, 0.2) is 16.6 Å². The summed E-state index contributed by atoms with van der Waals surface area (Å²) in [5.74, 6) is 1.48. The molecule has 0 bridgehead atoms. The number of amides is 1. The van der Waals surface area contributed by atoms with Crippen LogP contribution in [0.4, 0.5) is 0 Å². The van der Waals surface area contributed by atoms with Crippen molar-refractivity contribution in [1.29, 1.82) is 0 Å². The molecule has 1 saturated carbocycles. The Morgan fingerprint density at radius 3 is 2.86 bits per heavy atom. The number of thioether (sulfide) groups is 1. The highest BCUT2D eigenvalue weighted by Crippen LogP contribution is 2.38. The van der Waals surface area contributed by atoms with E-state index >= 15 is 0 Å². The molecule has 1 aliphatic rings. The second-order valence-electron chi connectivity index (χ2n) is 5.70. The van der Waals surface area contributed by atoms with Gasteiger partial charge in [0.1, 0.15) is 5.82 Å². The summed E-state index contributed by atoms with van der Waals surface area (Å²) in [7, 11) is 1.86. The molecule has 0 N–H and O–H groups in total. The number of rotatable bonds is 6. The molecule has 0 atom stereocenters. The summed E-state index contributed by atoms with van der Waals surface area (Å²) in [6.45, 7) is 4.74. The lowest BCUT2D eigenvalue weighted by Gasteiger charge is -2.16. The van der Waals surface area contributed by atoms with E-state index in [1.54, 1.807) is 16.2 Å². The summed E-state index contributed by atoms with van der Waals surface area (Å²) in [5, 5.41) is 11.3. The second-order valence-corrected chi connectivity index (χ2v) is 7.64. The summed E-state index contributed by atoms with van der Waals surface area (Å²) in [6, 6.07) is 2.63. The first-order valence-corrected chi connectivity index (χ1v) is 9.24. The summed E-state index contributed by atoms with van der Waals surface area (Å²) in [4.78, 5) is 15.3. The molecular formula is C15H20N4OS2. The fraction of sp³-hybridized carbons (Fsp3) is 0.533. The van der Waals surface area contributed by atoms with Gasteiger partial charge in [0.05, 0.1) is 12.3 Å². The second kappa shape index (κ2) is 6.42. The number of aromatic nitrogens is 3. The molecule has 0 saturated heterocycles. The molecule has 0 aromatic carbocycles. The van der Waals surface area contributed by atoms with Gasteiger partial charge in [0, 0.05) is 18.0 Å². The van der Waals surface area contributed by atoms with Gasteiger partial charge in [-0.1, -0.05) is 11.8 Å². The Morgan fingerprint density at radius 2 is 2.23 bits per heavy atom. The first-order valence-electron chi connectivity index (χ1n) is 7.37. The number of thiophene rings is 1. The predicted octanol–water partition coefficient (Wildman–Crippen LogP) is 3.04. The average molecular weight is 336 g/mol. The van der Waals surface area contributed by atoms with E-state index < -0.39 is 0 Å². The Balaban J connectivity index is 1.57. The standard InChI is InChI=1S/C15H20N4OS2/c1-10-6-7-21-13(10)8-18(3)14(20)9-22-15-17-16-11(2)19(15)12-4-5-12/h6-7,12H,4-5,8-9H2,1-3H3. The maximum absolute atomic E-state index is 12.3. The van der Waals surface area contributed by atoms with Gasteiger partial charge in [-0.25, -0.2) is 0 Å². The van der Waals surface area contributed by atoms with E-state index in [2.05, 4.69) is 33.1 Å². The van der Waals surface area contributed by atoms with E-state index in [0.717, 1.165) is 11.0 Å². The lowest BCUT2D eigenvalue weighted by Crippen LogP contribution is -2.27. The van der Waals surface area contributed by atoms with Crippen LogP contribution in [0.3, 0.4) is 0 Å². The summed E-state index contributed by atoms with van der Waals surface area (Å²) < 4.78 is 2.17. The van der Waals surface area contributed by atoms with Crippen molar-refractivity contribution >= 4 is 29.0 Å². The molecule has 22 heavy (non-hydrogen) atoms. The maximum Gasteiger partial charge on any atom is 0.233 e. The Bertz CT molecular complexity index is 675. The predicted molar refractivity (Wildman–Crippen MR) is 89.3 cm³/mol. The van der Waals surface area contributed by atoms with Gasteiger partial charge >= 0.3 is 0 Å². The first kappa shape index (κ1) is 15.6. The van der Waals surface area contributed by atoms with Crippen LogP contribution in [0.5, 0.6) is 0 Å². The van der Waals surface area contributed by atoms with Crippen LogP contribution in [-0.2, 0) is 11.3 Å². The van der Waals surface area contributed by atoms with Crippen LogP contribution in [0.2, 0.25) is 0 Å². The zero-order valence-electron chi connectivity index (χ0n) is 13.1. The van der Waals surface area contributed by atoms with Gasteiger partial charge in [-0.2, -0.15) is 0 Å². The zero-order valence-corrected chi connectivity index (χ0v) is 14.7. The molecule has 3 rings (SSSR count). The Morgan fingerprint density at radius 1 is 1.45 bits per heavy atom. The van der Waals surface area contributed by atoms with Gasteiger partial charge in [0.25, 0.3) is 0 Å². The summed E-state index contributed by atoms with van der Waals surface area (Å²) in [6.07, 6.45) is 2.38. The Kier molecular flexibility index (Phi) is 4.54. The van der Waals surface area contributed by atoms with Crippen LogP contribution < -0.4 is 0 Å². The minimum absolute atomic E-state index is 0.126. The van der Waals surface area contributed by atoms with E-state index in [9.17, 15) is 4.79 Å². The average Bonchev–Trinajstić information content (AvgIpc) is 3.15. The van der Waals surface area contributed by atoms with Gasteiger partial charge in [-0.05, 0) is 43.7 Å². The van der Waals surface area contributed by atoms with Crippen molar-refractivity contribution < 1.29 is 4.79 Å². The molecule has 7 heteroatoms. The van der Waals surface area contributed by atoms with Crippen LogP contribution in [0.25, 0.3) is 0 Å². The number of carbonyl (C=O) groups is 1. The molecule has 5 nitrogen and oxygen atoms in total. The molecule has 118 valence electrons. The molecule has 2 aromatic heterocycles. The third-order valence-corrected chi connectivity index (χ3v) is 5.78. The molecule has 1 aliphatic carbocycles. The summed E-state index contributed by atoms with van der Waals surface area (Å²) in [5.41, 5.74) is 1.25. The van der Waals surface area contributed by atoms with Crippen LogP contribution >= 0.6 is 23.1 Å². The van der Waals surface area contributed by atoms with E-state index in [4.69, 9.17) is 0 Å². The van der Waals surface area contributed by atoms with Gasteiger partial charge in [0.15, 0.2) is 5.16 Å². The number of carbonyl (C=O) groups excluding carboxylic acids is 1. The van der Waals surface area contributed by atoms with E-state index in [1.807, 2.05) is 14.0 Å². The largest absolute Gasteiger partial charge is 0.340 e. The van der Waals surface area contributed by atoms with E-state index in [-0.39, 0.29) is 5.91 Å². The lowest BCUT2D eigenvalue weighted by molar-refractivity contribution is -0.127. The SMILES string of the molecule is Cc1ccsc1CN(C)C(=O)CSc1nnc(C)n1C1CC1. The highest BCUT2D eigenvalue weighted by Gasteiger charge is 2.28. The molecular weight excluding hydrogens is 316 g/mol. The highest BCUT2D eigenvalue weighted by molar-refractivity contribution is 7.99. The Labute approximate surface area is 138 Å². The normalized spacial score (nSPS) is 14.3. The third-order valence-electron chi connectivity index (χ3n) is 3.85. The van der Waals surface area contributed by atoms with Crippen LogP contribution in [0.1, 0.15) is 35.1 Å². The molecule has 1 fully saturated rings. The quantitative estimate of drug-likeness (QED) is 0.761. The Hall–Kier alpha value is -1.34. The monoisotopic (exact) mass is 336 g/mol. The topological polar surface area (TPSA) is 51.0 Å². The van der Waals surface area contributed by atoms with E-state index in [0.29, 0.717) is 18.3 Å². The molecule has 0 spiro atoms. The summed E-state index contributed by atoms with van der Waals surface area (Å²) >= 11 is 3.19. The fourth-order valence-electron chi connectivity index (χ4n) is 2.31. The van der Waals surface area contributed by atoms with Crippen molar-refractivity contribution in [2.45, 2.75) is 44.4 Å². The van der Waals surface area contributed by atoms with Crippen molar-refractivity contribution in [2.24, 2.45) is 0 Å². The third kappa shape index (κ3) is 3.35.